The SMILES string of the molecule is CCCN(C)S(=O)(=O)c1cccc(CCl)c1C. The normalized spacial score (nSPS) is 12.1. The van der Waals surface area contributed by atoms with E-state index in [0.29, 0.717) is 17.3 Å². The van der Waals surface area contributed by atoms with E-state index in [4.69, 9.17) is 11.6 Å². The highest BCUT2D eigenvalue weighted by Gasteiger charge is 2.22. The molecule has 0 saturated carbocycles. The standard InChI is InChI=1S/C12H18ClNO2S/c1-4-8-14(3)17(15,16)12-7-5-6-11(9-13)10(12)2/h5-7H,4,8-9H2,1-3H3. The van der Waals surface area contributed by atoms with Gasteiger partial charge in [0.05, 0.1) is 4.90 Å². The smallest absolute Gasteiger partial charge is 0.207 e. The highest BCUT2D eigenvalue weighted by atomic mass is 35.5. The Morgan fingerprint density at radius 3 is 2.53 bits per heavy atom. The van der Waals surface area contributed by atoms with Crippen LogP contribution in [-0.4, -0.2) is 26.3 Å². The van der Waals surface area contributed by atoms with E-state index in [1.807, 2.05) is 13.0 Å². The Hall–Kier alpha value is -0.580. The van der Waals surface area contributed by atoms with Crippen LogP contribution in [0.15, 0.2) is 23.1 Å². The lowest BCUT2D eigenvalue weighted by atomic mass is 10.1. The maximum Gasteiger partial charge on any atom is 0.243 e. The third-order valence-corrected chi connectivity index (χ3v) is 5.06. The van der Waals surface area contributed by atoms with Crippen molar-refractivity contribution in [2.45, 2.75) is 31.0 Å². The van der Waals surface area contributed by atoms with Crippen LogP contribution in [0, 0.1) is 6.92 Å². The van der Waals surface area contributed by atoms with Crippen molar-refractivity contribution in [3.8, 4) is 0 Å². The summed E-state index contributed by atoms with van der Waals surface area (Å²) in [6.45, 7) is 4.27. The number of sulfonamides is 1. The predicted molar refractivity (Wildman–Crippen MR) is 70.8 cm³/mol. The fourth-order valence-corrected chi connectivity index (χ4v) is 3.50. The zero-order valence-corrected chi connectivity index (χ0v) is 12.0. The van der Waals surface area contributed by atoms with Crippen LogP contribution in [0.2, 0.25) is 0 Å². The van der Waals surface area contributed by atoms with Crippen molar-refractivity contribution < 1.29 is 8.42 Å². The van der Waals surface area contributed by atoms with Gasteiger partial charge in [-0.05, 0) is 30.5 Å². The van der Waals surface area contributed by atoms with Gasteiger partial charge in [-0.3, -0.25) is 0 Å². The van der Waals surface area contributed by atoms with Crippen molar-refractivity contribution in [2.75, 3.05) is 13.6 Å². The van der Waals surface area contributed by atoms with Crippen molar-refractivity contribution in [1.82, 2.24) is 4.31 Å². The van der Waals surface area contributed by atoms with Gasteiger partial charge in [0.15, 0.2) is 0 Å². The molecule has 0 fully saturated rings. The quantitative estimate of drug-likeness (QED) is 0.775. The number of hydrogen-bond acceptors (Lipinski definition) is 2. The van der Waals surface area contributed by atoms with E-state index in [-0.39, 0.29) is 0 Å². The van der Waals surface area contributed by atoms with Gasteiger partial charge < -0.3 is 0 Å². The van der Waals surface area contributed by atoms with E-state index in [2.05, 4.69) is 0 Å². The number of alkyl halides is 1. The zero-order chi connectivity index (χ0) is 13.1. The maximum atomic E-state index is 12.3. The van der Waals surface area contributed by atoms with Crippen LogP contribution in [0.25, 0.3) is 0 Å². The lowest BCUT2D eigenvalue weighted by Crippen LogP contribution is -2.28. The first-order chi connectivity index (χ1) is 7.95. The van der Waals surface area contributed by atoms with Crippen LogP contribution >= 0.6 is 11.6 Å². The third kappa shape index (κ3) is 3.00. The second kappa shape index (κ2) is 5.85. The summed E-state index contributed by atoms with van der Waals surface area (Å²) >= 11 is 5.79. The fraction of sp³-hybridized carbons (Fsp3) is 0.500. The average molecular weight is 276 g/mol. The van der Waals surface area contributed by atoms with Gasteiger partial charge in [-0.15, -0.1) is 11.6 Å². The molecule has 0 aliphatic rings. The molecule has 96 valence electrons. The van der Waals surface area contributed by atoms with Crippen LogP contribution in [0.3, 0.4) is 0 Å². The molecule has 0 aliphatic heterocycles. The highest BCUT2D eigenvalue weighted by molar-refractivity contribution is 7.89. The topological polar surface area (TPSA) is 37.4 Å². The molecule has 1 aromatic rings. The van der Waals surface area contributed by atoms with Gasteiger partial charge in [0.2, 0.25) is 10.0 Å². The van der Waals surface area contributed by atoms with Gasteiger partial charge in [0, 0.05) is 19.5 Å². The summed E-state index contributed by atoms with van der Waals surface area (Å²) in [7, 11) is -1.79. The molecule has 0 radical (unpaired) electrons. The lowest BCUT2D eigenvalue weighted by Gasteiger charge is -2.18. The summed E-state index contributed by atoms with van der Waals surface area (Å²) in [5, 5.41) is 0. The number of halogens is 1. The Labute approximate surface area is 108 Å². The molecule has 3 nitrogen and oxygen atoms in total. The minimum atomic E-state index is -3.39. The van der Waals surface area contributed by atoms with Gasteiger partial charge in [0.25, 0.3) is 0 Å². The molecule has 5 heteroatoms. The molecule has 0 bridgehead atoms. The fourth-order valence-electron chi connectivity index (χ4n) is 1.69. The number of benzene rings is 1. The van der Waals surface area contributed by atoms with Gasteiger partial charge >= 0.3 is 0 Å². The summed E-state index contributed by atoms with van der Waals surface area (Å²) in [4.78, 5) is 0.353. The molecule has 0 heterocycles. The molecule has 0 unspecified atom stereocenters. The Morgan fingerprint density at radius 1 is 1.35 bits per heavy atom. The van der Waals surface area contributed by atoms with Crippen molar-refractivity contribution in [3.05, 3.63) is 29.3 Å². The summed E-state index contributed by atoms with van der Waals surface area (Å²) in [6, 6.07) is 5.21. The van der Waals surface area contributed by atoms with E-state index in [9.17, 15) is 8.42 Å². The second-order valence-electron chi connectivity index (χ2n) is 4.00. The first-order valence-electron chi connectivity index (χ1n) is 5.56. The molecule has 17 heavy (non-hydrogen) atoms. The van der Waals surface area contributed by atoms with Crippen LogP contribution < -0.4 is 0 Å². The largest absolute Gasteiger partial charge is 0.243 e. The minimum Gasteiger partial charge on any atom is -0.207 e. The summed E-state index contributed by atoms with van der Waals surface area (Å²) in [5.74, 6) is 0.326. The monoisotopic (exact) mass is 275 g/mol. The van der Waals surface area contributed by atoms with Crippen LogP contribution in [0.1, 0.15) is 24.5 Å². The molecule has 0 atom stereocenters. The molecule has 0 aliphatic carbocycles. The molecular formula is C12H18ClNO2S. The molecule has 0 aromatic heterocycles. The van der Waals surface area contributed by atoms with Crippen molar-refractivity contribution in [2.24, 2.45) is 0 Å². The van der Waals surface area contributed by atoms with Crippen LogP contribution in [0.5, 0.6) is 0 Å². The Morgan fingerprint density at radius 2 is 2.00 bits per heavy atom. The van der Waals surface area contributed by atoms with Crippen molar-refractivity contribution in [1.29, 1.82) is 0 Å². The molecule has 0 amide bonds. The minimum absolute atomic E-state index is 0.326. The van der Waals surface area contributed by atoms with Crippen LogP contribution in [-0.2, 0) is 15.9 Å². The van der Waals surface area contributed by atoms with Crippen LogP contribution in [0.4, 0.5) is 0 Å². The predicted octanol–water partition coefficient (Wildman–Crippen LogP) is 2.76. The number of nitrogens with zero attached hydrogens (tertiary/aromatic N) is 1. The molecule has 0 saturated heterocycles. The van der Waals surface area contributed by atoms with E-state index in [1.54, 1.807) is 26.1 Å². The third-order valence-electron chi connectivity index (χ3n) is 2.77. The molecule has 1 rings (SSSR count). The summed E-state index contributed by atoms with van der Waals surface area (Å²) in [5.41, 5.74) is 1.60. The molecule has 1 aromatic carbocycles. The Bertz CT molecular complexity index is 485. The highest BCUT2D eigenvalue weighted by Crippen LogP contribution is 2.22. The van der Waals surface area contributed by atoms with Gasteiger partial charge in [-0.1, -0.05) is 19.1 Å². The maximum absolute atomic E-state index is 12.3. The number of hydrogen-bond donors (Lipinski definition) is 0. The average Bonchev–Trinajstić information content (AvgIpc) is 2.29. The van der Waals surface area contributed by atoms with Crippen molar-refractivity contribution >= 4 is 21.6 Å². The lowest BCUT2D eigenvalue weighted by molar-refractivity contribution is 0.468. The number of rotatable bonds is 5. The molecule has 0 spiro atoms. The van der Waals surface area contributed by atoms with Gasteiger partial charge in [-0.2, -0.15) is 0 Å². The summed E-state index contributed by atoms with van der Waals surface area (Å²) < 4.78 is 26.0. The van der Waals surface area contributed by atoms with Crippen molar-refractivity contribution in [3.63, 3.8) is 0 Å². The van der Waals surface area contributed by atoms with Gasteiger partial charge in [-0.25, -0.2) is 12.7 Å². The second-order valence-corrected chi connectivity index (χ2v) is 6.28. The van der Waals surface area contributed by atoms with Gasteiger partial charge in [0.1, 0.15) is 0 Å². The Balaban J connectivity index is 3.24. The van der Waals surface area contributed by atoms with E-state index in [0.717, 1.165) is 17.5 Å². The Kier molecular flexibility index (Phi) is 4.98. The first kappa shape index (κ1) is 14.5. The van der Waals surface area contributed by atoms with E-state index < -0.39 is 10.0 Å². The molecular weight excluding hydrogens is 258 g/mol. The van der Waals surface area contributed by atoms with E-state index >= 15 is 0 Å². The van der Waals surface area contributed by atoms with E-state index in [1.165, 1.54) is 4.31 Å². The summed E-state index contributed by atoms with van der Waals surface area (Å²) in [6.07, 6.45) is 0.796. The molecule has 0 N–H and O–H groups in total. The first-order valence-corrected chi connectivity index (χ1v) is 7.53. The zero-order valence-electron chi connectivity index (χ0n) is 10.4.